The van der Waals surface area contributed by atoms with E-state index in [9.17, 15) is 4.48 Å². The van der Waals surface area contributed by atoms with Crippen molar-refractivity contribution in [1.82, 2.24) is 4.98 Å². The van der Waals surface area contributed by atoms with Gasteiger partial charge in [0.25, 0.3) is 0 Å². The van der Waals surface area contributed by atoms with Crippen molar-refractivity contribution in [2.45, 2.75) is 13.8 Å². The van der Waals surface area contributed by atoms with Crippen LogP contribution in [0.1, 0.15) is 25.2 Å². The molecule has 1 rings (SSSR count). The maximum atomic E-state index is 11.9. The molecule has 4 heteroatoms. The zero-order valence-corrected chi connectivity index (χ0v) is 7.50. The summed E-state index contributed by atoms with van der Waals surface area (Å²) in [5.41, 5.74) is 1.59. The molecule has 1 heterocycles. The first-order valence-corrected chi connectivity index (χ1v) is 3.83. The van der Waals surface area contributed by atoms with Crippen molar-refractivity contribution >= 4 is 11.4 Å². The van der Waals surface area contributed by atoms with Gasteiger partial charge in [0.05, 0.1) is 22.8 Å². The standard InChI is InChI=1S/C9H10FN3/c1-6(11)8-4-3-5-9(12-8)7(2)13-10/h3-5,11H,1-2H3/b11-6?,13-7+. The van der Waals surface area contributed by atoms with Crippen LogP contribution in [0.5, 0.6) is 0 Å². The fourth-order valence-corrected chi connectivity index (χ4v) is 0.888. The number of hydrogen-bond donors (Lipinski definition) is 1. The number of nitrogens with one attached hydrogen (secondary N) is 1. The van der Waals surface area contributed by atoms with Gasteiger partial charge in [-0.25, -0.2) is 4.98 Å². The maximum absolute atomic E-state index is 11.9. The van der Waals surface area contributed by atoms with Gasteiger partial charge in [-0.05, 0) is 26.0 Å². The molecule has 13 heavy (non-hydrogen) atoms. The van der Waals surface area contributed by atoms with Crippen molar-refractivity contribution in [3.05, 3.63) is 29.6 Å². The Morgan fingerprint density at radius 2 is 2.00 bits per heavy atom. The first kappa shape index (κ1) is 9.51. The summed E-state index contributed by atoms with van der Waals surface area (Å²) in [7, 11) is 0. The van der Waals surface area contributed by atoms with E-state index >= 15 is 0 Å². The van der Waals surface area contributed by atoms with E-state index in [2.05, 4.69) is 10.2 Å². The monoisotopic (exact) mass is 179 g/mol. The van der Waals surface area contributed by atoms with Crippen molar-refractivity contribution in [3.63, 3.8) is 0 Å². The Balaban J connectivity index is 3.13. The third kappa shape index (κ3) is 2.18. The Hall–Kier alpha value is -1.58. The average Bonchev–Trinajstić information content (AvgIpc) is 2.17. The largest absolute Gasteiger partial charge is 0.303 e. The van der Waals surface area contributed by atoms with E-state index < -0.39 is 0 Å². The third-order valence-electron chi connectivity index (χ3n) is 1.63. The van der Waals surface area contributed by atoms with E-state index in [4.69, 9.17) is 5.41 Å². The molecule has 3 nitrogen and oxygen atoms in total. The van der Waals surface area contributed by atoms with Crippen molar-refractivity contribution in [3.8, 4) is 0 Å². The van der Waals surface area contributed by atoms with Gasteiger partial charge in [0, 0.05) is 0 Å². The van der Waals surface area contributed by atoms with Crippen LogP contribution < -0.4 is 0 Å². The summed E-state index contributed by atoms with van der Waals surface area (Å²) < 4.78 is 11.9. The quantitative estimate of drug-likeness (QED) is 0.695. The van der Waals surface area contributed by atoms with E-state index in [1.807, 2.05) is 0 Å². The fraction of sp³-hybridized carbons (Fsp3) is 0.222. The molecule has 0 aliphatic rings. The number of rotatable bonds is 2. The summed E-state index contributed by atoms with van der Waals surface area (Å²) >= 11 is 0. The molecule has 1 aromatic heterocycles. The van der Waals surface area contributed by atoms with Crippen molar-refractivity contribution in [2.24, 2.45) is 5.21 Å². The molecule has 0 fully saturated rings. The topological polar surface area (TPSA) is 49.1 Å². The van der Waals surface area contributed by atoms with Crippen LogP contribution in [-0.2, 0) is 0 Å². The van der Waals surface area contributed by atoms with Crippen LogP contribution >= 0.6 is 0 Å². The second kappa shape index (κ2) is 3.89. The molecule has 0 atom stereocenters. The normalized spacial score (nSPS) is 11.5. The van der Waals surface area contributed by atoms with Gasteiger partial charge < -0.3 is 5.41 Å². The van der Waals surface area contributed by atoms with E-state index in [0.717, 1.165) is 0 Å². The van der Waals surface area contributed by atoms with Crippen LogP contribution in [0.4, 0.5) is 4.48 Å². The summed E-state index contributed by atoms with van der Waals surface area (Å²) in [6.07, 6.45) is 0. The predicted molar refractivity (Wildman–Crippen MR) is 50.1 cm³/mol. The first-order chi connectivity index (χ1) is 6.15. The van der Waals surface area contributed by atoms with Crippen LogP contribution in [0, 0.1) is 5.41 Å². The minimum Gasteiger partial charge on any atom is -0.303 e. The third-order valence-corrected chi connectivity index (χ3v) is 1.63. The number of pyridine rings is 1. The highest BCUT2D eigenvalue weighted by Gasteiger charge is 2.02. The molecule has 0 saturated carbocycles. The summed E-state index contributed by atoms with van der Waals surface area (Å²) in [5.74, 6) is 0. The van der Waals surface area contributed by atoms with Crippen molar-refractivity contribution in [1.29, 1.82) is 5.41 Å². The highest BCUT2D eigenvalue weighted by Crippen LogP contribution is 2.02. The molecule has 0 saturated heterocycles. The maximum Gasteiger partial charge on any atom is 0.0959 e. The van der Waals surface area contributed by atoms with Crippen LogP contribution in [0.3, 0.4) is 0 Å². The van der Waals surface area contributed by atoms with Gasteiger partial charge in [0.15, 0.2) is 0 Å². The first-order valence-electron chi connectivity index (χ1n) is 3.83. The summed E-state index contributed by atoms with van der Waals surface area (Å²) in [5, 5.41) is 9.88. The van der Waals surface area contributed by atoms with Crippen LogP contribution in [0.25, 0.3) is 0 Å². The van der Waals surface area contributed by atoms with E-state index in [0.29, 0.717) is 17.1 Å². The smallest absolute Gasteiger partial charge is 0.0959 e. The van der Waals surface area contributed by atoms with Gasteiger partial charge in [0.2, 0.25) is 0 Å². The second-order valence-corrected chi connectivity index (χ2v) is 2.70. The minimum absolute atomic E-state index is 0.225. The van der Waals surface area contributed by atoms with Crippen molar-refractivity contribution < 1.29 is 4.48 Å². The molecular weight excluding hydrogens is 169 g/mol. The molecule has 68 valence electrons. The molecule has 1 N–H and O–H groups in total. The highest BCUT2D eigenvalue weighted by atomic mass is 19.2. The lowest BCUT2D eigenvalue weighted by Crippen LogP contribution is -2.03. The Labute approximate surface area is 75.8 Å². The molecular formula is C9H10FN3. The van der Waals surface area contributed by atoms with Crippen LogP contribution in [0.15, 0.2) is 23.4 Å². The summed E-state index contributed by atoms with van der Waals surface area (Å²) in [4.78, 5) is 4.05. The molecule has 0 radical (unpaired) electrons. The zero-order chi connectivity index (χ0) is 9.84. The highest BCUT2D eigenvalue weighted by molar-refractivity contribution is 5.99. The Morgan fingerprint density at radius 1 is 1.38 bits per heavy atom. The molecule has 0 aliphatic heterocycles. The van der Waals surface area contributed by atoms with E-state index in [1.165, 1.54) is 6.92 Å². The fourth-order valence-electron chi connectivity index (χ4n) is 0.888. The lowest BCUT2D eigenvalue weighted by atomic mass is 10.2. The lowest BCUT2D eigenvalue weighted by molar-refractivity contribution is 0.536. The van der Waals surface area contributed by atoms with Gasteiger partial charge in [-0.2, -0.15) is 0 Å². The van der Waals surface area contributed by atoms with Crippen molar-refractivity contribution in [2.75, 3.05) is 0 Å². The predicted octanol–water partition coefficient (Wildman–Crippen LogP) is 2.16. The van der Waals surface area contributed by atoms with Gasteiger partial charge in [-0.15, -0.1) is 0 Å². The number of hydrogen-bond acceptors (Lipinski definition) is 3. The Bertz CT molecular complexity index is 358. The van der Waals surface area contributed by atoms with Gasteiger partial charge >= 0.3 is 0 Å². The van der Waals surface area contributed by atoms with Gasteiger partial charge in [-0.3, -0.25) is 0 Å². The molecule has 0 aromatic carbocycles. The average molecular weight is 179 g/mol. The van der Waals surface area contributed by atoms with Crippen LogP contribution in [0.2, 0.25) is 0 Å². The number of nitrogens with zero attached hydrogens (tertiary/aromatic N) is 2. The summed E-state index contributed by atoms with van der Waals surface area (Å²) in [6, 6.07) is 5.09. The van der Waals surface area contributed by atoms with Gasteiger partial charge in [0.1, 0.15) is 0 Å². The molecule has 1 aromatic rings. The molecule has 0 spiro atoms. The SMILES string of the molecule is CC(=N)c1cccc(/C(C)=N/F)n1. The Morgan fingerprint density at radius 3 is 2.54 bits per heavy atom. The van der Waals surface area contributed by atoms with E-state index in [1.54, 1.807) is 25.1 Å². The minimum atomic E-state index is 0.225. The lowest BCUT2D eigenvalue weighted by Gasteiger charge is -2.00. The van der Waals surface area contributed by atoms with E-state index in [-0.39, 0.29) is 5.71 Å². The van der Waals surface area contributed by atoms with Gasteiger partial charge in [-0.1, -0.05) is 15.8 Å². The second-order valence-electron chi connectivity index (χ2n) is 2.70. The van der Waals surface area contributed by atoms with Crippen LogP contribution in [-0.4, -0.2) is 16.4 Å². The number of halogens is 1. The Kier molecular flexibility index (Phi) is 2.84. The zero-order valence-electron chi connectivity index (χ0n) is 7.50. The molecule has 0 bridgehead atoms. The summed E-state index contributed by atoms with van der Waals surface area (Å²) in [6.45, 7) is 3.17. The molecule has 0 amide bonds. The number of aromatic nitrogens is 1. The molecule has 0 aliphatic carbocycles. The molecule has 0 unspecified atom stereocenters.